The maximum atomic E-state index is 6.83. The third-order valence-electron chi connectivity index (χ3n) is 33.0. The Morgan fingerprint density at radius 3 is 1.17 bits per heavy atom. The van der Waals surface area contributed by atoms with Gasteiger partial charge in [-0.3, -0.25) is 0 Å². The van der Waals surface area contributed by atoms with Crippen molar-refractivity contribution >= 4 is 131 Å². The van der Waals surface area contributed by atoms with Crippen LogP contribution in [0.5, 0.6) is 0 Å². The van der Waals surface area contributed by atoms with E-state index in [-0.39, 0.29) is 32.5 Å². The van der Waals surface area contributed by atoms with Crippen molar-refractivity contribution in [3.05, 3.63) is 422 Å². The smallest absolute Gasteiger partial charge is 0.160 e. The van der Waals surface area contributed by atoms with E-state index in [1.165, 1.54) is 115 Å². The highest BCUT2D eigenvalue weighted by Crippen LogP contribution is 2.62. The van der Waals surface area contributed by atoms with Crippen LogP contribution in [0, 0.1) is 0 Å². The van der Waals surface area contributed by atoms with Gasteiger partial charge in [-0.2, -0.15) is 0 Å². The van der Waals surface area contributed by atoms with Gasteiger partial charge in [0.25, 0.3) is 0 Å². The average Bonchev–Trinajstić information content (AvgIpc) is 1.67. The van der Waals surface area contributed by atoms with Gasteiger partial charge in [0.2, 0.25) is 0 Å². The monoisotopic (exact) mass is 1820 g/mol. The van der Waals surface area contributed by atoms with E-state index in [0.29, 0.717) is 5.82 Å². The highest BCUT2D eigenvalue weighted by molar-refractivity contribution is 6.21. The van der Waals surface area contributed by atoms with Crippen LogP contribution in [0.2, 0.25) is 0 Å². The maximum Gasteiger partial charge on any atom is 0.160 e. The highest BCUT2D eigenvalue weighted by atomic mass is 16.3. The van der Waals surface area contributed by atoms with Crippen molar-refractivity contribution in [2.45, 2.75) is 116 Å². The van der Waals surface area contributed by atoms with Gasteiger partial charge in [0, 0.05) is 104 Å². The van der Waals surface area contributed by atoms with E-state index in [0.717, 1.165) is 156 Å². The van der Waals surface area contributed by atoms with Crippen LogP contribution in [0.25, 0.3) is 243 Å². The summed E-state index contributed by atoms with van der Waals surface area (Å²) in [5.41, 5.74) is 34.5. The van der Waals surface area contributed by atoms with Gasteiger partial charge >= 0.3 is 0 Å². The topological polar surface area (TPSA) is 117 Å². The molecule has 28 rings (SSSR count). The maximum absolute atomic E-state index is 6.83. The summed E-state index contributed by atoms with van der Waals surface area (Å²) in [6.07, 6.45) is 0. The van der Waals surface area contributed by atoms with E-state index >= 15 is 0 Å². The second-order valence-corrected chi connectivity index (χ2v) is 41.8. The van der Waals surface area contributed by atoms with Gasteiger partial charge in [-0.25, -0.2) is 29.9 Å². The number of para-hydroxylation sites is 2. The lowest BCUT2D eigenvalue weighted by Gasteiger charge is -2.49. The molecule has 0 fully saturated rings. The minimum absolute atomic E-state index is 0.0733. The fourth-order valence-electron chi connectivity index (χ4n) is 23.5. The summed E-state index contributed by atoms with van der Waals surface area (Å²) in [5, 5.41) is 17.6. The lowest BCUT2D eigenvalue weighted by Crippen LogP contribution is -2.43. The van der Waals surface area contributed by atoms with Gasteiger partial charge in [-0.15, -0.1) is 0 Å². The van der Waals surface area contributed by atoms with Crippen molar-refractivity contribution < 1.29 is 13.3 Å². The molecule has 25 aromatic rings. The molecule has 3 aliphatic carbocycles. The molecule has 0 saturated heterocycles. The molecule has 0 saturated carbocycles. The quantitative estimate of drug-likeness (QED) is 0.154. The van der Waals surface area contributed by atoms with Crippen molar-refractivity contribution in [1.29, 1.82) is 0 Å². The van der Waals surface area contributed by atoms with Crippen LogP contribution in [-0.2, 0) is 32.5 Å². The van der Waals surface area contributed by atoms with Crippen LogP contribution < -0.4 is 0 Å². The first-order valence-corrected chi connectivity index (χ1v) is 49.1. The molecule has 676 valence electrons. The third-order valence-corrected chi connectivity index (χ3v) is 33.0. The minimum atomic E-state index is -0.226. The molecule has 0 unspecified atom stereocenters. The summed E-state index contributed by atoms with van der Waals surface area (Å²) < 4.78 is 20.2. The van der Waals surface area contributed by atoms with E-state index < -0.39 is 0 Å². The Kier molecular flexibility index (Phi) is 18.9. The Morgan fingerprint density at radius 1 is 0.184 bits per heavy atom. The molecule has 141 heavy (non-hydrogen) atoms. The van der Waals surface area contributed by atoms with E-state index in [4.69, 9.17) is 43.2 Å². The first-order valence-electron chi connectivity index (χ1n) is 49.1. The molecule has 6 aromatic heterocycles. The van der Waals surface area contributed by atoms with Crippen LogP contribution in [0.15, 0.2) is 401 Å². The Bertz CT molecular complexity index is 9550. The van der Waals surface area contributed by atoms with E-state index in [2.05, 4.69) is 417 Å². The molecule has 3 aliphatic rings. The van der Waals surface area contributed by atoms with Crippen LogP contribution in [-0.4, -0.2) is 29.9 Å². The van der Waals surface area contributed by atoms with Gasteiger partial charge in [0.05, 0.1) is 33.6 Å². The molecule has 9 nitrogen and oxygen atoms in total. The number of furan rings is 3. The molecule has 0 amide bonds. The summed E-state index contributed by atoms with van der Waals surface area (Å²) in [6.45, 7) is 28.6. The summed E-state index contributed by atoms with van der Waals surface area (Å²) in [4.78, 5) is 30.6. The highest BCUT2D eigenvalue weighted by Gasteiger charge is 2.51. The van der Waals surface area contributed by atoms with Crippen molar-refractivity contribution in [2.24, 2.45) is 0 Å². The number of nitrogens with zero attached hydrogens (tertiary/aromatic N) is 6. The lowest BCUT2D eigenvalue weighted by molar-refractivity contribution is 0.299. The van der Waals surface area contributed by atoms with Crippen LogP contribution in [0.1, 0.15) is 116 Å². The van der Waals surface area contributed by atoms with Crippen LogP contribution >= 0.6 is 0 Å². The average molecular weight is 1820 g/mol. The van der Waals surface area contributed by atoms with Gasteiger partial charge < -0.3 is 13.3 Å². The number of fused-ring (bicyclic) bond motifs is 30. The molecule has 0 aliphatic heterocycles. The molecule has 0 N–H and O–H groups in total. The lowest BCUT2D eigenvalue weighted by atomic mass is 9.54. The van der Waals surface area contributed by atoms with E-state index in [1.807, 2.05) is 54.6 Å². The molecule has 9 heteroatoms. The SMILES string of the molecule is CC1(C)c2cc(-c3nc(-c4ccccc4)c4ccccc4n3)ccc2-c2ccc3c(oc4ccc5ccccc5c43)c2C1(C)C.CC1(C)c2ccc3ccccc3c2-c2c(ccc3c2oc2ccc(-c4nc(-c5ccccc5)c5ccccc5n4)cc23)C1(C)C.CC1(C)c2ccc3ccccc3c2-c2ccc3oc4ccc(-c5ccc6c(-c7ccccc7)nc(-c7ccccc7)nc6c5)cc4c3c2C1(C)C. The summed E-state index contributed by atoms with van der Waals surface area (Å²) in [5.74, 6) is 2.18. The standard InChI is InChI=1S/C48H36N2O.2C42H32N2O/c1-47(2)38-24-20-29-13-11-12-18-34(29)42(38)36-23-26-41-43(44(36)48(47,3)4)37-27-32(21-25-40(37)51-41)33-19-22-35-39(28-33)49-46(31-16-9-6-10-17-31)50-45(35)30-14-7-5-8-15-30;1-41(2)32-21-18-25-12-8-9-15-28(25)36(32)37-33(42(41,3)4)22-20-29-31-24-27(19-23-35(31)45-39(29)37)40-43-34-17-11-10-16-30(34)38(44-40)26-13-6-5-7-14-26;1-41(2)33-24-27(40-43-34-17-11-10-16-31(34)38(44-40)26-13-6-5-7-14-26)18-20-29(33)30-21-22-32-36-28-15-9-8-12-25(28)19-23-35(36)45-39(32)37(30)42(41,3)4/h5-28H,1-4H3;2*5-24H,1-4H3. The van der Waals surface area contributed by atoms with Crippen molar-refractivity contribution in [2.75, 3.05) is 0 Å². The molecular weight excluding hydrogens is 1720 g/mol. The van der Waals surface area contributed by atoms with Gasteiger partial charge in [-0.1, -0.05) is 392 Å². The first kappa shape index (κ1) is 84.9. The summed E-state index contributed by atoms with van der Waals surface area (Å²) in [6, 6.07) is 138. The molecule has 0 bridgehead atoms. The molecule has 6 heterocycles. The fraction of sp³-hybridized carbons (Fsp3) is 0.136. The van der Waals surface area contributed by atoms with E-state index in [1.54, 1.807) is 0 Å². The van der Waals surface area contributed by atoms with E-state index in [9.17, 15) is 0 Å². The number of rotatable bonds is 7. The van der Waals surface area contributed by atoms with Crippen LogP contribution in [0.3, 0.4) is 0 Å². The zero-order valence-electron chi connectivity index (χ0n) is 80.9. The second-order valence-electron chi connectivity index (χ2n) is 41.8. The molecule has 0 atom stereocenters. The minimum Gasteiger partial charge on any atom is -0.456 e. The number of aromatic nitrogens is 6. The molecule has 19 aromatic carbocycles. The summed E-state index contributed by atoms with van der Waals surface area (Å²) in [7, 11) is 0. The Labute approximate surface area is 818 Å². The Hall–Kier alpha value is -16.6. The third kappa shape index (κ3) is 12.9. The summed E-state index contributed by atoms with van der Waals surface area (Å²) >= 11 is 0. The largest absolute Gasteiger partial charge is 0.456 e. The molecule has 0 spiro atoms. The Morgan fingerprint density at radius 2 is 0.560 bits per heavy atom. The molecule has 0 radical (unpaired) electrons. The normalized spacial score (nSPS) is 14.9. The fourth-order valence-corrected chi connectivity index (χ4v) is 23.5. The van der Waals surface area contributed by atoms with Crippen LogP contribution in [0.4, 0.5) is 0 Å². The number of hydrogen-bond donors (Lipinski definition) is 0. The number of benzene rings is 19. The number of hydrogen-bond acceptors (Lipinski definition) is 9. The van der Waals surface area contributed by atoms with Crippen molar-refractivity contribution in [1.82, 2.24) is 29.9 Å². The Balaban J connectivity index is 0.000000109. The molecular formula is C132H100N6O3. The van der Waals surface area contributed by atoms with Crippen molar-refractivity contribution in [3.63, 3.8) is 0 Å². The zero-order valence-corrected chi connectivity index (χ0v) is 80.9. The predicted octanol–water partition coefficient (Wildman–Crippen LogP) is 35.4. The van der Waals surface area contributed by atoms with Gasteiger partial charge in [0.15, 0.2) is 17.5 Å². The van der Waals surface area contributed by atoms with Gasteiger partial charge in [0.1, 0.15) is 33.5 Å². The first-order chi connectivity index (χ1) is 68.4. The predicted molar refractivity (Wildman–Crippen MR) is 585 cm³/mol. The second kappa shape index (κ2) is 31.5. The zero-order chi connectivity index (χ0) is 95.5. The van der Waals surface area contributed by atoms with Crippen molar-refractivity contribution in [3.8, 4) is 112 Å². The van der Waals surface area contributed by atoms with Gasteiger partial charge in [-0.05, 0) is 200 Å².